The molecule has 128 valence electrons. The van der Waals surface area contributed by atoms with Gasteiger partial charge in [-0.05, 0) is 41.0 Å². The zero-order chi connectivity index (χ0) is 18.1. The quantitative estimate of drug-likeness (QED) is 0.515. The predicted octanol–water partition coefficient (Wildman–Crippen LogP) is 5.81. The highest BCUT2D eigenvalue weighted by Crippen LogP contribution is 2.35. The van der Waals surface area contributed by atoms with Crippen LogP contribution in [-0.2, 0) is 10.8 Å². The molecule has 0 saturated heterocycles. The van der Waals surface area contributed by atoms with Crippen molar-refractivity contribution in [3.05, 3.63) is 64.7 Å². The van der Waals surface area contributed by atoms with Gasteiger partial charge in [0.15, 0.2) is 0 Å². The van der Waals surface area contributed by atoms with Gasteiger partial charge in [-0.2, -0.15) is 0 Å². The smallest absolute Gasteiger partial charge is 0.343 e. The fraction of sp³-hybridized carbons (Fsp3) is 0.409. The molecule has 2 rings (SSSR count). The first kappa shape index (κ1) is 18.3. The van der Waals surface area contributed by atoms with E-state index in [0.717, 1.165) is 11.1 Å². The summed E-state index contributed by atoms with van der Waals surface area (Å²) in [5, 5.41) is 0. The molecule has 0 aliphatic heterocycles. The molecular formula is C22H28O2. The van der Waals surface area contributed by atoms with Crippen LogP contribution in [0, 0.1) is 6.92 Å². The summed E-state index contributed by atoms with van der Waals surface area (Å²) in [7, 11) is 0. The Balaban J connectivity index is 2.43. The first-order chi connectivity index (χ1) is 11.0. The molecule has 2 aromatic carbocycles. The van der Waals surface area contributed by atoms with E-state index in [1.807, 2.05) is 31.2 Å². The van der Waals surface area contributed by atoms with Crippen LogP contribution in [-0.4, -0.2) is 5.97 Å². The Morgan fingerprint density at radius 2 is 1.50 bits per heavy atom. The monoisotopic (exact) mass is 324 g/mol. The standard InChI is InChI=1S/C22H28O2/c1-15-10-8-9-11-17(15)20(23)24-19-13-12-16(21(2,3)4)14-18(19)22(5,6)7/h8-14H,1-7H3. The van der Waals surface area contributed by atoms with Gasteiger partial charge in [0.1, 0.15) is 5.75 Å². The molecule has 0 radical (unpaired) electrons. The molecule has 0 heterocycles. The van der Waals surface area contributed by atoms with Crippen molar-refractivity contribution < 1.29 is 9.53 Å². The number of esters is 1. The molecule has 0 bridgehead atoms. The zero-order valence-electron chi connectivity index (χ0n) is 15.9. The van der Waals surface area contributed by atoms with Crippen LogP contribution in [0.5, 0.6) is 5.75 Å². The lowest BCUT2D eigenvalue weighted by Gasteiger charge is -2.27. The van der Waals surface area contributed by atoms with Crippen LogP contribution in [0.15, 0.2) is 42.5 Å². The summed E-state index contributed by atoms with van der Waals surface area (Å²) in [6, 6.07) is 13.7. The third-order valence-corrected chi connectivity index (χ3v) is 4.22. The van der Waals surface area contributed by atoms with Crippen molar-refractivity contribution in [2.24, 2.45) is 0 Å². The average molecular weight is 324 g/mol. The van der Waals surface area contributed by atoms with Crippen LogP contribution in [0.3, 0.4) is 0 Å². The van der Waals surface area contributed by atoms with Gasteiger partial charge in [0.25, 0.3) is 0 Å². The minimum Gasteiger partial charge on any atom is -0.423 e. The average Bonchev–Trinajstić information content (AvgIpc) is 2.45. The molecule has 0 aromatic heterocycles. The van der Waals surface area contributed by atoms with Gasteiger partial charge in [0, 0.05) is 5.56 Å². The number of carbonyl (C=O) groups is 1. The van der Waals surface area contributed by atoms with Gasteiger partial charge in [-0.3, -0.25) is 0 Å². The van der Waals surface area contributed by atoms with E-state index < -0.39 is 0 Å². The minimum absolute atomic E-state index is 0.0541. The van der Waals surface area contributed by atoms with E-state index in [2.05, 4.69) is 53.7 Å². The number of aryl methyl sites for hydroxylation is 1. The summed E-state index contributed by atoms with van der Waals surface area (Å²) < 4.78 is 5.77. The molecule has 0 aliphatic rings. The number of hydrogen-bond acceptors (Lipinski definition) is 2. The van der Waals surface area contributed by atoms with Crippen LogP contribution < -0.4 is 4.74 Å². The summed E-state index contributed by atoms with van der Waals surface area (Å²) in [6.45, 7) is 14.9. The largest absolute Gasteiger partial charge is 0.423 e. The number of ether oxygens (including phenoxy) is 1. The molecule has 0 fully saturated rings. The van der Waals surface area contributed by atoms with Gasteiger partial charge >= 0.3 is 5.97 Å². The minimum atomic E-state index is -0.304. The van der Waals surface area contributed by atoms with Crippen LogP contribution in [0.4, 0.5) is 0 Å². The lowest BCUT2D eigenvalue weighted by atomic mass is 9.80. The SMILES string of the molecule is Cc1ccccc1C(=O)Oc1ccc(C(C)(C)C)cc1C(C)(C)C. The summed E-state index contributed by atoms with van der Waals surface area (Å²) >= 11 is 0. The first-order valence-electron chi connectivity index (χ1n) is 8.43. The second-order valence-electron chi connectivity index (χ2n) is 8.42. The van der Waals surface area contributed by atoms with Crippen LogP contribution in [0.2, 0.25) is 0 Å². The van der Waals surface area contributed by atoms with Crippen LogP contribution >= 0.6 is 0 Å². The lowest BCUT2D eigenvalue weighted by molar-refractivity contribution is 0.0731. The fourth-order valence-electron chi connectivity index (χ4n) is 2.63. The molecule has 0 unspecified atom stereocenters. The molecular weight excluding hydrogens is 296 g/mol. The second kappa shape index (κ2) is 6.43. The molecule has 0 N–H and O–H groups in total. The van der Waals surface area contributed by atoms with Crippen molar-refractivity contribution in [3.8, 4) is 5.75 Å². The van der Waals surface area contributed by atoms with E-state index in [4.69, 9.17) is 4.74 Å². The highest BCUT2D eigenvalue weighted by atomic mass is 16.5. The van der Waals surface area contributed by atoms with Crippen LogP contribution in [0.1, 0.15) is 68.6 Å². The van der Waals surface area contributed by atoms with Crippen molar-refractivity contribution in [1.29, 1.82) is 0 Å². The highest BCUT2D eigenvalue weighted by molar-refractivity contribution is 5.92. The molecule has 2 aromatic rings. The maximum absolute atomic E-state index is 12.6. The molecule has 24 heavy (non-hydrogen) atoms. The van der Waals surface area contributed by atoms with Gasteiger partial charge in [0.2, 0.25) is 0 Å². The Labute approximate surface area is 145 Å². The summed E-state index contributed by atoms with van der Waals surface area (Å²) in [4.78, 5) is 12.6. The molecule has 0 saturated carbocycles. The Morgan fingerprint density at radius 3 is 2.04 bits per heavy atom. The zero-order valence-corrected chi connectivity index (χ0v) is 15.9. The number of rotatable bonds is 2. The van der Waals surface area contributed by atoms with Gasteiger partial charge in [0.05, 0.1) is 5.56 Å². The number of hydrogen-bond donors (Lipinski definition) is 0. The van der Waals surface area contributed by atoms with E-state index in [0.29, 0.717) is 11.3 Å². The Bertz CT molecular complexity index is 743. The topological polar surface area (TPSA) is 26.3 Å². The Morgan fingerprint density at radius 1 is 0.875 bits per heavy atom. The van der Waals surface area contributed by atoms with Gasteiger partial charge < -0.3 is 4.74 Å². The van der Waals surface area contributed by atoms with E-state index in [1.165, 1.54) is 5.56 Å². The third-order valence-electron chi connectivity index (χ3n) is 4.22. The first-order valence-corrected chi connectivity index (χ1v) is 8.43. The van der Waals surface area contributed by atoms with Gasteiger partial charge in [-0.25, -0.2) is 4.79 Å². The molecule has 0 spiro atoms. The van der Waals surface area contributed by atoms with Crippen molar-refractivity contribution in [3.63, 3.8) is 0 Å². The van der Waals surface area contributed by atoms with Crippen molar-refractivity contribution in [1.82, 2.24) is 0 Å². The maximum Gasteiger partial charge on any atom is 0.343 e. The lowest BCUT2D eigenvalue weighted by Crippen LogP contribution is -2.19. The van der Waals surface area contributed by atoms with E-state index >= 15 is 0 Å². The predicted molar refractivity (Wildman–Crippen MR) is 100.0 cm³/mol. The molecule has 2 heteroatoms. The summed E-state index contributed by atoms with van der Waals surface area (Å²) in [5.74, 6) is 0.339. The second-order valence-corrected chi connectivity index (χ2v) is 8.42. The summed E-state index contributed by atoms with van der Waals surface area (Å²) in [6.07, 6.45) is 0. The Kier molecular flexibility index (Phi) is 4.89. The van der Waals surface area contributed by atoms with Gasteiger partial charge in [-0.15, -0.1) is 0 Å². The molecule has 0 atom stereocenters. The van der Waals surface area contributed by atoms with Crippen molar-refractivity contribution in [2.45, 2.75) is 59.3 Å². The van der Waals surface area contributed by atoms with Crippen molar-refractivity contribution >= 4 is 5.97 Å². The van der Waals surface area contributed by atoms with E-state index in [9.17, 15) is 4.79 Å². The van der Waals surface area contributed by atoms with Gasteiger partial charge in [-0.1, -0.05) is 71.9 Å². The van der Waals surface area contributed by atoms with Crippen LogP contribution in [0.25, 0.3) is 0 Å². The summed E-state index contributed by atoms with van der Waals surface area (Å²) in [5.41, 5.74) is 3.77. The fourth-order valence-corrected chi connectivity index (χ4v) is 2.63. The van der Waals surface area contributed by atoms with E-state index in [1.54, 1.807) is 6.07 Å². The molecule has 0 amide bonds. The highest BCUT2D eigenvalue weighted by Gasteiger charge is 2.24. The Hall–Kier alpha value is -2.09. The maximum atomic E-state index is 12.6. The molecule has 0 aliphatic carbocycles. The third kappa shape index (κ3) is 4.05. The normalized spacial score (nSPS) is 12.1. The number of benzene rings is 2. The van der Waals surface area contributed by atoms with E-state index in [-0.39, 0.29) is 16.8 Å². The van der Waals surface area contributed by atoms with Crippen molar-refractivity contribution in [2.75, 3.05) is 0 Å². The molecule has 2 nitrogen and oxygen atoms in total. The number of carbonyl (C=O) groups excluding carboxylic acids is 1.